The van der Waals surface area contributed by atoms with Gasteiger partial charge in [0, 0.05) is 16.5 Å². The molecule has 168 valence electrons. The number of benzene rings is 2. The summed E-state index contributed by atoms with van der Waals surface area (Å²) in [6, 6.07) is 14.8. The Morgan fingerprint density at radius 3 is 2.85 bits per heavy atom. The van der Waals surface area contributed by atoms with Gasteiger partial charge in [0.1, 0.15) is 5.75 Å². The van der Waals surface area contributed by atoms with Crippen molar-refractivity contribution >= 4 is 28.6 Å². The quantitative estimate of drug-likeness (QED) is 0.602. The second kappa shape index (κ2) is 8.63. The van der Waals surface area contributed by atoms with Crippen LogP contribution in [-0.2, 0) is 11.2 Å². The van der Waals surface area contributed by atoms with E-state index < -0.39 is 0 Å². The third-order valence-corrected chi connectivity index (χ3v) is 7.47. The normalized spacial score (nSPS) is 19.8. The number of ether oxygens (including phenoxy) is 1. The van der Waals surface area contributed by atoms with Crippen LogP contribution in [0, 0.1) is 0 Å². The van der Waals surface area contributed by atoms with Gasteiger partial charge in [0.25, 0.3) is 5.91 Å². The summed E-state index contributed by atoms with van der Waals surface area (Å²) < 4.78 is 7.56. The Morgan fingerprint density at radius 1 is 1.06 bits per heavy atom. The van der Waals surface area contributed by atoms with Gasteiger partial charge in [-0.1, -0.05) is 43.5 Å². The fourth-order valence-corrected chi connectivity index (χ4v) is 5.83. The van der Waals surface area contributed by atoms with Crippen molar-refractivity contribution in [3.05, 3.63) is 63.8 Å². The van der Waals surface area contributed by atoms with Crippen LogP contribution in [-0.4, -0.2) is 28.9 Å². The van der Waals surface area contributed by atoms with Crippen molar-refractivity contribution in [3.63, 3.8) is 0 Å². The number of thiazole rings is 1. The number of aryl methyl sites for hydroxylation is 1. The van der Waals surface area contributed by atoms with Crippen molar-refractivity contribution in [2.45, 2.75) is 51.0 Å². The number of aromatic nitrogens is 1. The van der Waals surface area contributed by atoms with E-state index in [9.17, 15) is 4.79 Å². The molecule has 7 heteroatoms. The van der Waals surface area contributed by atoms with Crippen molar-refractivity contribution in [1.82, 2.24) is 4.68 Å². The molecule has 1 aromatic heterocycles. The molecule has 1 N–H and O–H groups in total. The smallest absolute Gasteiger partial charge is 0.262 e. The predicted octanol–water partition coefficient (Wildman–Crippen LogP) is 4.98. The van der Waals surface area contributed by atoms with Gasteiger partial charge in [-0.25, -0.2) is 4.68 Å². The summed E-state index contributed by atoms with van der Waals surface area (Å²) in [6.07, 6.45) is 8.05. The topological polar surface area (TPSA) is 68.0 Å². The fourth-order valence-electron chi connectivity index (χ4n) is 4.92. The molecule has 1 fully saturated rings. The summed E-state index contributed by atoms with van der Waals surface area (Å²) in [7, 11) is 0. The van der Waals surface area contributed by atoms with Crippen LogP contribution in [0.1, 0.15) is 49.7 Å². The van der Waals surface area contributed by atoms with Crippen LogP contribution >= 0.6 is 11.3 Å². The van der Waals surface area contributed by atoms with Crippen LogP contribution < -0.4 is 14.9 Å². The van der Waals surface area contributed by atoms with Crippen LogP contribution in [0.5, 0.6) is 5.75 Å². The van der Waals surface area contributed by atoms with Crippen molar-refractivity contribution in [1.29, 1.82) is 0 Å². The Kier molecular flexibility index (Phi) is 5.34. The molecule has 1 aliphatic heterocycles. The SMILES string of the molecule is O=C1COc2ccc(-c3csc(=NC4CCCCC4)n3N=C3CCc4ccccc43)cc2N1. The van der Waals surface area contributed by atoms with Gasteiger partial charge in [0.05, 0.1) is 23.1 Å². The van der Waals surface area contributed by atoms with Crippen molar-refractivity contribution in [2.24, 2.45) is 10.1 Å². The van der Waals surface area contributed by atoms with Crippen LogP contribution in [0.25, 0.3) is 11.3 Å². The van der Waals surface area contributed by atoms with Gasteiger partial charge in [0.15, 0.2) is 6.61 Å². The number of nitrogens with one attached hydrogen (secondary N) is 1. The van der Waals surface area contributed by atoms with E-state index in [1.807, 2.05) is 22.9 Å². The van der Waals surface area contributed by atoms with E-state index in [-0.39, 0.29) is 12.5 Å². The third kappa shape index (κ3) is 4.02. The maximum Gasteiger partial charge on any atom is 0.262 e. The summed E-state index contributed by atoms with van der Waals surface area (Å²) in [5.41, 5.74) is 6.35. The first kappa shape index (κ1) is 20.4. The molecular formula is C26H26N4O2S. The van der Waals surface area contributed by atoms with Gasteiger partial charge < -0.3 is 10.1 Å². The summed E-state index contributed by atoms with van der Waals surface area (Å²) in [4.78, 5) is 17.9. The molecule has 0 spiro atoms. The summed E-state index contributed by atoms with van der Waals surface area (Å²) in [6.45, 7) is 0.0578. The largest absolute Gasteiger partial charge is 0.482 e. The monoisotopic (exact) mass is 458 g/mol. The molecule has 2 aliphatic carbocycles. The van der Waals surface area contributed by atoms with Crippen LogP contribution in [0.3, 0.4) is 0 Å². The first-order chi connectivity index (χ1) is 16.2. The Hall–Kier alpha value is -3.19. The number of fused-ring (bicyclic) bond motifs is 2. The zero-order valence-corrected chi connectivity index (χ0v) is 19.2. The highest BCUT2D eigenvalue weighted by Crippen LogP contribution is 2.33. The number of amides is 1. The lowest BCUT2D eigenvalue weighted by molar-refractivity contribution is -0.118. The standard InChI is InChI=1S/C26H26N4O2S/c31-25-15-32-24-13-11-18(14-22(24)28-25)23-16-33-26(27-19-7-2-1-3-8-19)30(23)29-21-12-10-17-6-4-5-9-20(17)21/h4-6,9,11,13-14,16,19H,1-3,7-8,10,12,15H2,(H,28,31). The minimum Gasteiger partial charge on any atom is -0.482 e. The highest BCUT2D eigenvalue weighted by atomic mass is 32.1. The zero-order chi connectivity index (χ0) is 22.2. The first-order valence-electron chi connectivity index (χ1n) is 11.7. The van der Waals surface area contributed by atoms with Gasteiger partial charge in [-0.3, -0.25) is 9.79 Å². The average molecular weight is 459 g/mol. The van der Waals surface area contributed by atoms with Crippen LogP contribution in [0.2, 0.25) is 0 Å². The molecular weight excluding hydrogens is 432 g/mol. The molecule has 0 radical (unpaired) electrons. The van der Waals surface area contributed by atoms with Crippen molar-refractivity contribution < 1.29 is 9.53 Å². The maximum atomic E-state index is 11.8. The van der Waals surface area contributed by atoms with E-state index >= 15 is 0 Å². The lowest BCUT2D eigenvalue weighted by Gasteiger charge is -2.18. The number of hydrogen-bond acceptors (Lipinski definition) is 5. The summed E-state index contributed by atoms with van der Waals surface area (Å²) in [5, 5.41) is 10.2. The molecule has 6 nitrogen and oxygen atoms in total. The maximum absolute atomic E-state index is 11.8. The molecule has 0 atom stereocenters. The van der Waals surface area contributed by atoms with Gasteiger partial charge in [-0.05, 0) is 49.4 Å². The van der Waals surface area contributed by atoms with E-state index in [1.165, 1.54) is 30.4 Å². The molecule has 33 heavy (non-hydrogen) atoms. The molecule has 6 rings (SSSR count). The Labute approximate surface area is 196 Å². The minimum atomic E-state index is -0.131. The highest BCUT2D eigenvalue weighted by Gasteiger charge is 2.21. The Balaban J connectivity index is 1.47. The molecule has 1 saturated carbocycles. The molecule has 1 amide bonds. The zero-order valence-electron chi connectivity index (χ0n) is 18.4. The second-order valence-electron chi connectivity index (χ2n) is 8.89. The van der Waals surface area contributed by atoms with E-state index in [0.717, 1.165) is 47.5 Å². The number of hydrogen-bond donors (Lipinski definition) is 1. The molecule has 2 aromatic carbocycles. The van der Waals surface area contributed by atoms with Crippen LogP contribution in [0.15, 0.2) is 57.9 Å². The molecule has 0 unspecified atom stereocenters. The highest BCUT2D eigenvalue weighted by molar-refractivity contribution is 7.07. The fraction of sp³-hybridized carbons (Fsp3) is 0.346. The van der Waals surface area contributed by atoms with Gasteiger partial charge in [0.2, 0.25) is 4.80 Å². The number of carbonyl (C=O) groups excluding carboxylic acids is 1. The molecule has 2 heterocycles. The Morgan fingerprint density at radius 2 is 1.94 bits per heavy atom. The lowest BCUT2D eigenvalue weighted by Crippen LogP contribution is -2.25. The first-order valence-corrected chi connectivity index (χ1v) is 12.6. The number of nitrogens with zero attached hydrogens (tertiary/aromatic N) is 3. The average Bonchev–Trinajstić information content (AvgIpc) is 3.44. The molecule has 0 saturated heterocycles. The van der Waals surface area contributed by atoms with Crippen molar-refractivity contribution in [3.8, 4) is 17.0 Å². The molecule has 3 aliphatic rings. The number of rotatable bonds is 3. The van der Waals surface area contributed by atoms with Gasteiger partial charge in [-0.15, -0.1) is 11.3 Å². The minimum absolute atomic E-state index is 0.0578. The van der Waals surface area contributed by atoms with Crippen LogP contribution in [0.4, 0.5) is 5.69 Å². The van der Waals surface area contributed by atoms with E-state index in [1.54, 1.807) is 11.3 Å². The predicted molar refractivity (Wildman–Crippen MR) is 131 cm³/mol. The van der Waals surface area contributed by atoms with Gasteiger partial charge >= 0.3 is 0 Å². The Bertz CT molecular complexity index is 1310. The van der Waals surface area contributed by atoms with E-state index in [0.29, 0.717) is 17.5 Å². The number of anilines is 1. The molecule has 0 bridgehead atoms. The van der Waals surface area contributed by atoms with Gasteiger partial charge in [-0.2, -0.15) is 5.10 Å². The third-order valence-electron chi connectivity index (χ3n) is 6.64. The van der Waals surface area contributed by atoms with E-state index in [2.05, 4.69) is 35.0 Å². The van der Waals surface area contributed by atoms with E-state index in [4.69, 9.17) is 14.8 Å². The summed E-state index contributed by atoms with van der Waals surface area (Å²) in [5.74, 6) is 0.567. The lowest BCUT2D eigenvalue weighted by atomic mass is 9.96. The number of carbonyl (C=O) groups is 1. The second-order valence-corrected chi connectivity index (χ2v) is 9.72. The van der Waals surface area contributed by atoms with Crippen molar-refractivity contribution in [2.75, 3.05) is 11.9 Å². The summed E-state index contributed by atoms with van der Waals surface area (Å²) >= 11 is 1.64. The molecule has 3 aromatic rings.